The van der Waals surface area contributed by atoms with Crippen molar-refractivity contribution in [3.05, 3.63) is 18.0 Å². The molecule has 1 amide bonds. The molecule has 3 rings (SSSR count). The fraction of sp³-hybridized carbons (Fsp3) is 0.765. The molecule has 0 bridgehead atoms. The van der Waals surface area contributed by atoms with E-state index in [1.807, 2.05) is 26.5 Å². The van der Waals surface area contributed by atoms with E-state index in [2.05, 4.69) is 10.00 Å². The summed E-state index contributed by atoms with van der Waals surface area (Å²) in [6, 6.07) is 0.0543. The zero-order valence-corrected chi connectivity index (χ0v) is 14.5. The quantitative estimate of drug-likeness (QED) is 0.810. The van der Waals surface area contributed by atoms with Gasteiger partial charge in [-0.2, -0.15) is 5.10 Å². The van der Waals surface area contributed by atoms with Crippen LogP contribution in [0.15, 0.2) is 12.4 Å². The molecular weight excluding hydrogens is 311 g/mol. The number of ether oxygens (including phenoxy) is 1. The number of aromatic nitrogens is 2. The van der Waals surface area contributed by atoms with Gasteiger partial charge in [-0.3, -0.25) is 14.4 Å². The first-order valence-electron chi connectivity index (χ1n) is 8.71. The standard InChI is InChI=1S/C17H27FN4O2/c1-20(17(23)14-4-3-5-24-12-14)11-16-6-15(18)10-22(16)9-13-7-19-21(2)8-13/h7-8,14-16H,3-6,9-12H2,1-2H3/t14-,15-,16-/m0/s1. The summed E-state index contributed by atoms with van der Waals surface area (Å²) in [6.07, 6.45) is 5.26. The van der Waals surface area contributed by atoms with Crippen molar-refractivity contribution in [1.82, 2.24) is 19.6 Å². The van der Waals surface area contributed by atoms with Crippen LogP contribution in [-0.2, 0) is 23.1 Å². The number of hydrogen-bond donors (Lipinski definition) is 0. The molecule has 0 spiro atoms. The number of hydrogen-bond acceptors (Lipinski definition) is 4. The lowest BCUT2D eigenvalue weighted by atomic mass is 10.0. The Balaban J connectivity index is 1.58. The Morgan fingerprint density at radius 2 is 2.38 bits per heavy atom. The summed E-state index contributed by atoms with van der Waals surface area (Å²) in [6.45, 7) is 2.93. The van der Waals surface area contributed by atoms with E-state index in [0.717, 1.165) is 25.0 Å². The highest BCUT2D eigenvalue weighted by Gasteiger charge is 2.34. The monoisotopic (exact) mass is 338 g/mol. The van der Waals surface area contributed by atoms with Crippen LogP contribution in [0.2, 0.25) is 0 Å². The van der Waals surface area contributed by atoms with Gasteiger partial charge in [-0.05, 0) is 19.3 Å². The highest BCUT2D eigenvalue weighted by Crippen LogP contribution is 2.24. The Hall–Kier alpha value is -1.47. The lowest BCUT2D eigenvalue weighted by Crippen LogP contribution is -2.44. The fourth-order valence-electron chi connectivity index (χ4n) is 3.75. The molecule has 3 atom stereocenters. The van der Waals surface area contributed by atoms with E-state index < -0.39 is 6.17 Å². The van der Waals surface area contributed by atoms with Crippen molar-refractivity contribution in [2.75, 3.05) is 33.4 Å². The van der Waals surface area contributed by atoms with Gasteiger partial charge in [0, 0.05) is 58.1 Å². The molecule has 0 aliphatic carbocycles. The average molecular weight is 338 g/mol. The minimum atomic E-state index is -0.826. The second-order valence-electron chi connectivity index (χ2n) is 7.07. The Morgan fingerprint density at radius 3 is 3.04 bits per heavy atom. The number of rotatable bonds is 5. The normalized spacial score (nSPS) is 28.2. The van der Waals surface area contributed by atoms with Gasteiger partial charge in [0.05, 0.1) is 18.7 Å². The third-order valence-corrected chi connectivity index (χ3v) is 4.99. The lowest BCUT2D eigenvalue weighted by molar-refractivity contribution is -0.139. The van der Waals surface area contributed by atoms with Crippen LogP contribution in [0.1, 0.15) is 24.8 Å². The molecule has 7 heteroatoms. The molecule has 0 radical (unpaired) electrons. The van der Waals surface area contributed by atoms with Crippen LogP contribution >= 0.6 is 0 Å². The number of alkyl halides is 1. The third-order valence-electron chi connectivity index (χ3n) is 4.99. The smallest absolute Gasteiger partial charge is 0.227 e. The van der Waals surface area contributed by atoms with Crippen molar-refractivity contribution in [1.29, 1.82) is 0 Å². The summed E-state index contributed by atoms with van der Waals surface area (Å²) >= 11 is 0. The largest absolute Gasteiger partial charge is 0.381 e. The van der Waals surface area contributed by atoms with Gasteiger partial charge in [0.25, 0.3) is 0 Å². The van der Waals surface area contributed by atoms with Gasteiger partial charge in [0.15, 0.2) is 0 Å². The van der Waals surface area contributed by atoms with Crippen LogP contribution in [0.4, 0.5) is 4.39 Å². The molecule has 2 saturated heterocycles. The molecule has 0 aromatic carbocycles. The first-order valence-corrected chi connectivity index (χ1v) is 8.71. The minimum Gasteiger partial charge on any atom is -0.381 e. The van der Waals surface area contributed by atoms with Gasteiger partial charge >= 0.3 is 0 Å². The Labute approximate surface area is 142 Å². The molecule has 1 aromatic rings. The van der Waals surface area contributed by atoms with E-state index in [1.54, 1.807) is 9.58 Å². The maximum absolute atomic E-state index is 14.0. The first kappa shape index (κ1) is 17.4. The maximum atomic E-state index is 14.0. The molecular formula is C17H27FN4O2. The average Bonchev–Trinajstić information content (AvgIpc) is 3.13. The Kier molecular flexibility index (Phi) is 5.50. The zero-order valence-electron chi connectivity index (χ0n) is 14.5. The third kappa shape index (κ3) is 4.13. The van der Waals surface area contributed by atoms with Gasteiger partial charge in [0.2, 0.25) is 5.91 Å². The fourth-order valence-corrected chi connectivity index (χ4v) is 3.75. The van der Waals surface area contributed by atoms with Gasteiger partial charge in [-0.25, -0.2) is 4.39 Å². The molecule has 2 fully saturated rings. The summed E-state index contributed by atoms with van der Waals surface area (Å²) < 4.78 is 21.1. The summed E-state index contributed by atoms with van der Waals surface area (Å²) in [7, 11) is 3.70. The predicted molar refractivity (Wildman–Crippen MR) is 88.1 cm³/mol. The summed E-state index contributed by atoms with van der Waals surface area (Å²) in [5.74, 6) is 0.0800. The number of likely N-dealkylation sites (N-methyl/N-ethyl adjacent to an activating group) is 1. The number of amides is 1. The molecule has 2 aliphatic heterocycles. The Morgan fingerprint density at radius 1 is 1.54 bits per heavy atom. The molecule has 1 aromatic heterocycles. The first-order chi connectivity index (χ1) is 11.5. The van der Waals surface area contributed by atoms with Crippen LogP contribution in [0, 0.1) is 5.92 Å². The molecule has 6 nitrogen and oxygen atoms in total. The van der Waals surface area contributed by atoms with Crippen LogP contribution in [0.5, 0.6) is 0 Å². The summed E-state index contributed by atoms with van der Waals surface area (Å²) in [4.78, 5) is 16.4. The second kappa shape index (κ2) is 7.61. The number of carbonyl (C=O) groups excluding carboxylic acids is 1. The van der Waals surface area contributed by atoms with Crippen molar-refractivity contribution >= 4 is 5.91 Å². The topological polar surface area (TPSA) is 50.6 Å². The maximum Gasteiger partial charge on any atom is 0.227 e. The van der Waals surface area contributed by atoms with E-state index in [4.69, 9.17) is 4.74 Å². The van der Waals surface area contributed by atoms with Gasteiger partial charge in [0.1, 0.15) is 6.17 Å². The van der Waals surface area contributed by atoms with Crippen LogP contribution in [-0.4, -0.2) is 71.1 Å². The number of carbonyl (C=O) groups is 1. The van der Waals surface area contributed by atoms with Crippen molar-refractivity contribution in [3.63, 3.8) is 0 Å². The second-order valence-corrected chi connectivity index (χ2v) is 7.07. The Bertz CT molecular complexity index is 559. The molecule has 0 saturated carbocycles. The van der Waals surface area contributed by atoms with E-state index in [-0.39, 0.29) is 17.9 Å². The number of nitrogens with zero attached hydrogens (tertiary/aromatic N) is 4. The predicted octanol–water partition coefficient (Wildman–Crippen LogP) is 1.22. The van der Waals surface area contributed by atoms with Crippen LogP contribution in [0.3, 0.4) is 0 Å². The minimum absolute atomic E-state index is 0.0434. The van der Waals surface area contributed by atoms with Crippen molar-refractivity contribution in [2.24, 2.45) is 13.0 Å². The molecule has 0 N–H and O–H groups in total. The van der Waals surface area contributed by atoms with E-state index in [0.29, 0.717) is 32.7 Å². The molecule has 24 heavy (non-hydrogen) atoms. The van der Waals surface area contributed by atoms with Crippen molar-refractivity contribution < 1.29 is 13.9 Å². The van der Waals surface area contributed by atoms with E-state index in [1.165, 1.54) is 0 Å². The highest BCUT2D eigenvalue weighted by molar-refractivity contribution is 5.78. The van der Waals surface area contributed by atoms with Crippen LogP contribution < -0.4 is 0 Å². The molecule has 2 aliphatic rings. The van der Waals surface area contributed by atoms with E-state index in [9.17, 15) is 9.18 Å². The number of aryl methyl sites for hydroxylation is 1. The van der Waals surface area contributed by atoms with Gasteiger partial charge < -0.3 is 9.64 Å². The zero-order chi connectivity index (χ0) is 17.1. The lowest BCUT2D eigenvalue weighted by Gasteiger charge is -2.31. The highest BCUT2D eigenvalue weighted by atomic mass is 19.1. The summed E-state index contributed by atoms with van der Waals surface area (Å²) in [5.41, 5.74) is 1.08. The van der Waals surface area contributed by atoms with Crippen LogP contribution in [0.25, 0.3) is 0 Å². The molecule has 0 unspecified atom stereocenters. The van der Waals surface area contributed by atoms with E-state index >= 15 is 0 Å². The number of halogens is 1. The number of likely N-dealkylation sites (tertiary alicyclic amines) is 1. The van der Waals surface area contributed by atoms with Crippen molar-refractivity contribution in [2.45, 2.75) is 38.0 Å². The molecule has 3 heterocycles. The molecule has 134 valence electrons. The van der Waals surface area contributed by atoms with Gasteiger partial charge in [-0.1, -0.05) is 0 Å². The SMILES string of the molecule is CN(C[C@@H]1C[C@H](F)CN1Cc1cnn(C)c1)C(=O)[C@H]1CCCOC1. The van der Waals surface area contributed by atoms with Crippen molar-refractivity contribution in [3.8, 4) is 0 Å². The summed E-state index contributed by atoms with van der Waals surface area (Å²) in [5, 5.41) is 4.17. The van der Waals surface area contributed by atoms with Gasteiger partial charge in [-0.15, -0.1) is 0 Å².